The Labute approximate surface area is 167 Å². The van der Waals surface area contributed by atoms with Gasteiger partial charge in [0, 0.05) is 11.6 Å². The summed E-state index contributed by atoms with van der Waals surface area (Å²) in [6.07, 6.45) is 0.556. The largest absolute Gasteiger partial charge is 0.437 e. The second kappa shape index (κ2) is 8.97. The summed E-state index contributed by atoms with van der Waals surface area (Å²) in [6.45, 7) is 1.37. The SMILES string of the molecule is CC(C(=O)NCC(O)CO)c1ccc(Oc2cnc3cc(Cl)ccc3n2)cc1. The number of ether oxygens (including phenoxy) is 1. The van der Waals surface area contributed by atoms with E-state index in [1.54, 1.807) is 49.4 Å². The van der Waals surface area contributed by atoms with E-state index in [0.717, 1.165) is 5.56 Å². The molecule has 0 aliphatic heterocycles. The van der Waals surface area contributed by atoms with Gasteiger partial charge in [0.2, 0.25) is 11.8 Å². The van der Waals surface area contributed by atoms with Gasteiger partial charge in [-0.15, -0.1) is 0 Å². The van der Waals surface area contributed by atoms with Crippen LogP contribution in [0.1, 0.15) is 18.4 Å². The molecule has 0 aliphatic carbocycles. The van der Waals surface area contributed by atoms with E-state index in [-0.39, 0.29) is 12.5 Å². The first-order chi connectivity index (χ1) is 13.5. The minimum Gasteiger partial charge on any atom is -0.437 e. The number of aromatic nitrogens is 2. The van der Waals surface area contributed by atoms with Crippen molar-refractivity contribution >= 4 is 28.5 Å². The van der Waals surface area contributed by atoms with Gasteiger partial charge in [-0.3, -0.25) is 4.79 Å². The summed E-state index contributed by atoms with van der Waals surface area (Å²) in [7, 11) is 0. The molecule has 7 nitrogen and oxygen atoms in total. The molecule has 28 heavy (non-hydrogen) atoms. The Hall–Kier alpha value is -2.74. The van der Waals surface area contributed by atoms with E-state index in [2.05, 4.69) is 15.3 Å². The summed E-state index contributed by atoms with van der Waals surface area (Å²) in [5, 5.41) is 21.3. The Morgan fingerprint density at radius 1 is 1.21 bits per heavy atom. The summed E-state index contributed by atoms with van der Waals surface area (Å²) < 4.78 is 5.74. The molecule has 0 aliphatic rings. The molecule has 0 bridgehead atoms. The number of benzene rings is 2. The van der Waals surface area contributed by atoms with Crippen LogP contribution >= 0.6 is 11.6 Å². The Morgan fingerprint density at radius 3 is 2.68 bits per heavy atom. The number of rotatable bonds is 7. The van der Waals surface area contributed by atoms with Crippen LogP contribution in [0.4, 0.5) is 0 Å². The first-order valence-corrected chi connectivity index (χ1v) is 9.11. The van der Waals surface area contributed by atoms with Gasteiger partial charge < -0.3 is 20.3 Å². The van der Waals surface area contributed by atoms with Crippen molar-refractivity contribution in [1.29, 1.82) is 0 Å². The lowest BCUT2D eigenvalue weighted by atomic mass is 10.0. The van der Waals surface area contributed by atoms with Crippen LogP contribution in [0.15, 0.2) is 48.7 Å². The van der Waals surface area contributed by atoms with Crippen molar-refractivity contribution < 1.29 is 19.7 Å². The van der Waals surface area contributed by atoms with Crippen molar-refractivity contribution in [3.05, 3.63) is 59.2 Å². The molecule has 3 aromatic rings. The standard InChI is InChI=1S/C20H20ClN3O4/c1-12(20(27)23-9-15(26)11-25)13-2-5-16(6-3-13)28-19-10-22-18-8-14(21)4-7-17(18)24-19/h2-8,10,12,15,25-26H,9,11H2,1H3,(H,23,27). The summed E-state index contributed by atoms with van der Waals surface area (Å²) in [5.41, 5.74) is 2.15. The third-order valence-corrected chi connectivity index (χ3v) is 4.44. The fraction of sp³-hybridized carbons (Fsp3) is 0.250. The second-order valence-corrected chi connectivity index (χ2v) is 6.75. The highest BCUT2D eigenvalue weighted by Crippen LogP contribution is 2.24. The molecule has 2 unspecified atom stereocenters. The predicted octanol–water partition coefficient (Wildman–Crippen LogP) is 2.65. The zero-order chi connectivity index (χ0) is 20.1. The van der Waals surface area contributed by atoms with E-state index in [9.17, 15) is 9.90 Å². The van der Waals surface area contributed by atoms with E-state index >= 15 is 0 Å². The number of halogens is 1. The predicted molar refractivity (Wildman–Crippen MR) is 106 cm³/mol. The molecule has 0 saturated heterocycles. The third kappa shape index (κ3) is 4.95. The number of fused-ring (bicyclic) bond motifs is 1. The molecule has 0 radical (unpaired) electrons. The highest BCUT2D eigenvalue weighted by molar-refractivity contribution is 6.31. The number of hydrogen-bond acceptors (Lipinski definition) is 6. The molecular formula is C20H20ClN3O4. The maximum absolute atomic E-state index is 12.1. The van der Waals surface area contributed by atoms with E-state index in [1.807, 2.05) is 0 Å². The fourth-order valence-corrected chi connectivity index (χ4v) is 2.72. The number of carbonyl (C=O) groups is 1. The molecule has 8 heteroatoms. The van der Waals surface area contributed by atoms with Crippen LogP contribution in [-0.4, -0.2) is 45.3 Å². The Balaban J connectivity index is 1.65. The number of hydrogen-bond donors (Lipinski definition) is 3. The maximum atomic E-state index is 12.1. The normalized spacial score (nSPS) is 13.1. The fourth-order valence-electron chi connectivity index (χ4n) is 2.55. The van der Waals surface area contributed by atoms with Crippen LogP contribution in [0.5, 0.6) is 11.6 Å². The Bertz CT molecular complexity index is 965. The van der Waals surface area contributed by atoms with Gasteiger partial charge >= 0.3 is 0 Å². The first kappa shape index (κ1) is 20.0. The van der Waals surface area contributed by atoms with Crippen LogP contribution in [0, 0.1) is 0 Å². The highest BCUT2D eigenvalue weighted by atomic mass is 35.5. The summed E-state index contributed by atoms with van der Waals surface area (Å²) in [6, 6.07) is 12.3. The number of nitrogens with zero attached hydrogens (tertiary/aromatic N) is 2. The average molecular weight is 402 g/mol. The zero-order valence-electron chi connectivity index (χ0n) is 15.2. The van der Waals surface area contributed by atoms with Crippen LogP contribution in [0.2, 0.25) is 5.02 Å². The maximum Gasteiger partial charge on any atom is 0.238 e. The van der Waals surface area contributed by atoms with Crippen LogP contribution in [0.3, 0.4) is 0 Å². The first-order valence-electron chi connectivity index (χ1n) is 8.73. The van der Waals surface area contributed by atoms with Gasteiger partial charge in [-0.05, 0) is 42.8 Å². The number of aliphatic hydroxyl groups is 2. The van der Waals surface area contributed by atoms with Gasteiger partial charge in [-0.1, -0.05) is 23.7 Å². The smallest absolute Gasteiger partial charge is 0.238 e. The summed E-state index contributed by atoms with van der Waals surface area (Å²) in [5.74, 6) is 0.270. The number of carbonyl (C=O) groups excluding carboxylic acids is 1. The van der Waals surface area contributed by atoms with Gasteiger partial charge in [-0.25, -0.2) is 9.97 Å². The van der Waals surface area contributed by atoms with Crippen LogP contribution in [0.25, 0.3) is 11.0 Å². The van der Waals surface area contributed by atoms with Gasteiger partial charge in [-0.2, -0.15) is 0 Å². The van der Waals surface area contributed by atoms with E-state index in [1.165, 1.54) is 6.20 Å². The molecule has 0 fully saturated rings. The van der Waals surface area contributed by atoms with Crippen molar-refractivity contribution in [2.75, 3.05) is 13.2 Å². The van der Waals surface area contributed by atoms with Crippen LogP contribution < -0.4 is 10.1 Å². The van der Waals surface area contributed by atoms with Crippen LogP contribution in [-0.2, 0) is 4.79 Å². The van der Waals surface area contributed by atoms with Gasteiger partial charge in [0.25, 0.3) is 0 Å². The molecular weight excluding hydrogens is 382 g/mol. The monoisotopic (exact) mass is 401 g/mol. The van der Waals surface area contributed by atoms with Crippen molar-refractivity contribution in [2.45, 2.75) is 18.9 Å². The van der Waals surface area contributed by atoms with Gasteiger partial charge in [0.15, 0.2) is 0 Å². The van der Waals surface area contributed by atoms with E-state index in [0.29, 0.717) is 27.7 Å². The second-order valence-electron chi connectivity index (χ2n) is 6.32. The Kier molecular flexibility index (Phi) is 6.41. The highest BCUT2D eigenvalue weighted by Gasteiger charge is 2.16. The summed E-state index contributed by atoms with van der Waals surface area (Å²) in [4.78, 5) is 20.8. The van der Waals surface area contributed by atoms with E-state index < -0.39 is 18.6 Å². The molecule has 146 valence electrons. The Morgan fingerprint density at radius 2 is 1.96 bits per heavy atom. The molecule has 0 saturated carbocycles. The lowest BCUT2D eigenvalue weighted by molar-refractivity contribution is -0.122. The molecule has 0 spiro atoms. The summed E-state index contributed by atoms with van der Waals surface area (Å²) >= 11 is 5.94. The molecule has 1 heterocycles. The molecule has 1 amide bonds. The van der Waals surface area contributed by atoms with Crippen molar-refractivity contribution in [3.63, 3.8) is 0 Å². The van der Waals surface area contributed by atoms with Gasteiger partial charge in [0.05, 0.1) is 35.9 Å². The van der Waals surface area contributed by atoms with Crippen molar-refractivity contribution in [3.8, 4) is 11.6 Å². The lowest BCUT2D eigenvalue weighted by Gasteiger charge is -2.15. The van der Waals surface area contributed by atoms with Gasteiger partial charge in [0.1, 0.15) is 5.75 Å². The third-order valence-electron chi connectivity index (χ3n) is 4.20. The van der Waals surface area contributed by atoms with Crippen molar-refractivity contribution in [2.24, 2.45) is 0 Å². The molecule has 1 aromatic heterocycles. The topological polar surface area (TPSA) is 105 Å². The molecule has 3 N–H and O–H groups in total. The average Bonchev–Trinajstić information content (AvgIpc) is 2.71. The van der Waals surface area contributed by atoms with Crippen molar-refractivity contribution in [1.82, 2.24) is 15.3 Å². The lowest BCUT2D eigenvalue weighted by Crippen LogP contribution is -2.36. The number of amides is 1. The molecule has 2 atom stereocenters. The minimum absolute atomic E-state index is 0.00666. The van der Waals surface area contributed by atoms with E-state index in [4.69, 9.17) is 21.4 Å². The number of aliphatic hydroxyl groups excluding tert-OH is 2. The molecule has 3 rings (SSSR count). The number of nitrogens with one attached hydrogen (secondary N) is 1. The minimum atomic E-state index is -0.967. The zero-order valence-corrected chi connectivity index (χ0v) is 15.9. The quantitative estimate of drug-likeness (QED) is 0.562. The molecule has 2 aromatic carbocycles.